The molecule has 130 valence electrons. The average molecular weight is 341 g/mol. The van der Waals surface area contributed by atoms with E-state index in [-0.39, 0.29) is 0 Å². The molecule has 0 aromatic heterocycles. The summed E-state index contributed by atoms with van der Waals surface area (Å²) < 4.78 is 15.6. The standard InChI is InChI=1S/C19H19NO5/c1-22-14-6-7-15-12(10-14)4-8-16(15)20-25-19(21)13-5-9-17(23-2)18(11-13)24-3/h5-7,9-11H,4,8H2,1-3H3/b20-16-. The van der Waals surface area contributed by atoms with Gasteiger partial charge in [0.05, 0.1) is 32.6 Å². The summed E-state index contributed by atoms with van der Waals surface area (Å²) in [7, 11) is 4.68. The predicted octanol–water partition coefficient (Wildman–Crippen LogP) is 3.22. The number of fused-ring (bicyclic) bond motifs is 1. The molecular formula is C19H19NO5. The lowest BCUT2D eigenvalue weighted by atomic mass is 10.1. The molecule has 6 heteroatoms. The number of carbonyl (C=O) groups excluding carboxylic acids is 1. The van der Waals surface area contributed by atoms with Crippen LogP contribution >= 0.6 is 0 Å². The monoisotopic (exact) mass is 341 g/mol. The summed E-state index contributed by atoms with van der Waals surface area (Å²) in [6.45, 7) is 0. The van der Waals surface area contributed by atoms with Crippen molar-refractivity contribution in [2.45, 2.75) is 12.8 Å². The molecule has 0 heterocycles. The number of hydrogen-bond donors (Lipinski definition) is 0. The van der Waals surface area contributed by atoms with Crippen LogP contribution in [-0.2, 0) is 11.3 Å². The molecule has 0 bridgehead atoms. The van der Waals surface area contributed by atoms with Gasteiger partial charge in [0.1, 0.15) is 5.75 Å². The Bertz CT molecular complexity index is 829. The first-order valence-corrected chi connectivity index (χ1v) is 7.83. The van der Waals surface area contributed by atoms with Crippen LogP contribution in [0.3, 0.4) is 0 Å². The summed E-state index contributed by atoms with van der Waals surface area (Å²) in [6.07, 6.45) is 1.57. The van der Waals surface area contributed by atoms with Crippen LogP contribution in [0.25, 0.3) is 0 Å². The van der Waals surface area contributed by atoms with E-state index in [1.54, 1.807) is 25.3 Å². The Labute approximate surface area is 146 Å². The van der Waals surface area contributed by atoms with Gasteiger partial charge in [-0.3, -0.25) is 0 Å². The first-order chi connectivity index (χ1) is 12.2. The number of oxime groups is 1. The van der Waals surface area contributed by atoms with E-state index in [1.165, 1.54) is 14.2 Å². The van der Waals surface area contributed by atoms with Gasteiger partial charge in [-0.25, -0.2) is 4.79 Å². The minimum Gasteiger partial charge on any atom is -0.497 e. The van der Waals surface area contributed by atoms with Gasteiger partial charge in [-0.1, -0.05) is 5.16 Å². The molecule has 0 amide bonds. The van der Waals surface area contributed by atoms with Crippen molar-refractivity contribution in [3.8, 4) is 17.2 Å². The molecule has 0 aliphatic heterocycles. The average Bonchev–Trinajstić information content (AvgIpc) is 3.07. The highest BCUT2D eigenvalue weighted by Gasteiger charge is 2.20. The largest absolute Gasteiger partial charge is 0.497 e. The fourth-order valence-electron chi connectivity index (χ4n) is 2.78. The zero-order valence-electron chi connectivity index (χ0n) is 14.4. The van der Waals surface area contributed by atoms with Crippen LogP contribution in [0.2, 0.25) is 0 Å². The Morgan fingerprint density at radius 3 is 2.44 bits per heavy atom. The van der Waals surface area contributed by atoms with E-state index < -0.39 is 5.97 Å². The number of rotatable bonds is 5. The summed E-state index contributed by atoms with van der Waals surface area (Å²) in [4.78, 5) is 17.4. The van der Waals surface area contributed by atoms with E-state index in [0.717, 1.165) is 35.4 Å². The molecule has 0 atom stereocenters. The Hall–Kier alpha value is -3.02. The quantitative estimate of drug-likeness (QED) is 0.617. The SMILES string of the molecule is COc1ccc2c(c1)CC/C2=N/OC(=O)c1ccc(OC)c(OC)c1. The van der Waals surface area contributed by atoms with Crippen LogP contribution in [0.1, 0.15) is 27.9 Å². The molecule has 0 unspecified atom stereocenters. The molecule has 0 saturated heterocycles. The Kier molecular flexibility index (Phi) is 4.88. The maximum Gasteiger partial charge on any atom is 0.365 e. The van der Waals surface area contributed by atoms with Crippen LogP contribution in [0.5, 0.6) is 17.2 Å². The number of ether oxygens (including phenoxy) is 3. The second-order valence-electron chi connectivity index (χ2n) is 5.51. The lowest BCUT2D eigenvalue weighted by molar-refractivity contribution is 0.0515. The van der Waals surface area contributed by atoms with Gasteiger partial charge in [-0.05, 0) is 54.8 Å². The normalized spacial score (nSPS) is 14.1. The van der Waals surface area contributed by atoms with Crippen molar-refractivity contribution in [3.05, 3.63) is 53.1 Å². The predicted molar refractivity (Wildman–Crippen MR) is 92.8 cm³/mol. The maximum atomic E-state index is 12.2. The van der Waals surface area contributed by atoms with Crippen molar-refractivity contribution in [2.24, 2.45) is 5.16 Å². The zero-order valence-corrected chi connectivity index (χ0v) is 14.4. The highest BCUT2D eigenvalue weighted by atomic mass is 16.7. The van der Waals surface area contributed by atoms with E-state index in [9.17, 15) is 4.79 Å². The van der Waals surface area contributed by atoms with Crippen LogP contribution in [-0.4, -0.2) is 33.0 Å². The molecular weight excluding hydrogens is 322 g/mol. The number of hydrogen-bond acceptors (Lipinski definition) is 6. The molecule has 0 saturated carbocycles. The first-order valence-electron chi connectivity index (χ1n) is 7.83. The molecule has 1 aliphatic carbocycles. The lowest BCUT2D eigenvalue weighted by Gasteiger charge is -2.08. The van der Waals surface area contributed by atoms with Crippen molar-refractivity contribution < 1.29 is 23.8 Å². The van der Waals surface area contributed by atoms with Gasteiger partial charge in [0.25, 0.3) is 0 Å². The van der Waals surface area contributed by atoms with E-state index in [4.69, 9.17) is 19.0 Å². The van der Waals surface area contributed by atoms with Crippen molar-refractivity contribution in [2.75, 3.05) is 21.3 Å². The molecule has 2 aromatic rings. The molecule has 0 radical (unpaired) electrons. The summed E-state index contributed by atoms with van der Waals surface area (Å²) in [5.41, 5.74) is 3.22. The van der Waals surface area contributed by atoms with Crippen molar-refractivity contribution in [3.63, 3.8) is 0 Å². The van der Waals surface area contributed by atoms with E-state index >= 15 is 0 Å². The molecule has 0 N–H and O–H groups in total. The summed E-state index contributed by atoms with van der Waals surface area (Å²) in [5, 5.41) is 4.05. The van der Waals surface area contributed by atoms with Crippen LogP contribution in [0, 0.1) is 0 Å². The van der Waals surface area contributed by atoms with Gasteiger partial charge in [-0.2, -0.15) is 0 Å². The van der Waals surface area contributed by atoms with E-state index in [2.05, 4.69) is 5.16 Å². The van der Waals surface area contributed by atoms with Gasteiger partial charge in [0.2, 0.25) is 0 Å². The Balaban J connectivity index is 1.76. The smallest absolute Gasteiger partial charge is 0.365 e. The van der Waals surface area contributed by atoms with Gasteiger partial charge in [0, 0.05) is 5.56 Å². The van der Waals surface area contributed by atoms with E-state index in [0.29, 0.717) is 17.1 Å². The maximum absolute atomic E-state index is 12.2. The molecule has 0 spiro atoms. The number of aryl methyl sites for hydroxylation is 1. The third-order valence-corrected chi connectivity index (χ3v) is 4.11. The molecule has 1 aliphatic rings. The number of nitrogens with zero attached hydrogens (tertiary/aromatic N) is 1. The van der Waals surface area contributed by atoms with E-state index in [1.807, 2.05) is 18.2 Å². The second kappa shape index (κ2) is 7.25. The van der Waals surface area contributed by atoms with Crippen molar-refractivity contribution >= 4 is 11.7 Å². The fourth-order valence-corrected chi connectivity index (χ4v) is 2.78. The fraction of sp³-hybridized carbons (Fsp3) is 0.263. The molecule has 2 aromatic carbocycles. The highest BCUT2D eigenvalue weighted by molar-refractivity contribution is 6.04. The van der Waals surface area contributed by atoms with Crippen LogP contribution < -0.4 is 14.2 Å². The Morgan fingerprint density at radius 2 is 1.72 bits per heavy atom. The summed E-state index contributed by atoms with van der Waals surface area (Å²) in [6, 6.07) is 10.6. The number of carbonyl (C=O) groups is 1. The zero-order chi connectivity index (χ0) is 17.8. The molecule has 3 rings (SSSR count). The third-order valence-electron chi connectivity index (χ3n) is 4.11. The summed E-state index contributed by atoms with van der Waals surface area (Å²) >= 11 is 0. The van der Waals surface area contributed by atoms with Gasteiger partial charge >= 0.3 is 5.97 Å². The van der Waals surface area contributed by atoms with Crippen molar-refractivity contribution in [1.29, 1.82) is 0 Å². The lowest BCUT2D eigenvalue weighted by Crippen LogP contribution is -2.05. The minimum absolute atomic E-state index is 0.343. The second-order valence-corrected chi connectivity index (χ2v) is 5.51. The topological polar surface area (TPSA) is 66.4 Å². The number of methoxy groups -OCH3 is 3. The molecule has 0 fully saturated rings. The van der Waals surface area contributed by atoms with Gasteiger partial charge in [0.15, 0.2) is 11.5 Å². The van der Waals surface area contributed by atoms with Crippen LogP contribution in [0.15, 0.2) is 41.6 Å². The summed E-state index contributed by atoms with van der Waals surface area (Å²) in [5.74, 6) is 1.27. The highest BCUT2D eigenvalue weighted by Crippen LogP contribution is 2.29. The molecule has 6 nitrogen and oxygen atoms in total. The van der Waals surface area contributed by atoms with Crippen LogP contribution in [0.4, 0.5) is 0 Å². The first kappa shape index (κ1) is 16.8. The Morgan fingerprint density at radius 1 is 0.920 bits per heavy atom. The minimum atomic E-state index is -0.546. The van der Waals surface area contributed by atoms with Gasteiger partial charge in [-0.15, -0.1) is 0 Å². The van der Waals surface area contributed by atoms with Crippen molar-refractivity contribution in [1.82, 2.24) is 0 Å². The molecule has 25 heavy (non-hydrogen) atoms. The van der Waals surface area contributed by atoms with Gasteiger partial charge < -0.3 is 19.0 Å². The number of benzene rings is 2. The third kappa shape index (κ3) is 3.42.